The van der Waals surface area contributed by atoms with Crippen LogP contribution in [-0.4, -0.2) is 36.2 Å². The van der Waals surface area contributed by atoms with E-state index >= 15 is 0 Å². The van der Waals surface area contributed by atoms with Crippen LogP contribution in [0.3, 0.4) is 0 Å². The normalized spacial score (nSPS) is 17.9. The highest BCUT2D eigenvalue weighted by atomic mass is 16.5. The Balaban J connectivity index is 2.38. The van der Waals surface area contributed by atoms with Crippen LogP contribution in [0, 0.1) is 0 Å². The molecular weight excluding hydrogens is 198 g/mol. The summed E-state index contributed by atoms with van der Waals surface area (Å²) in [5.41, 5.74) is -0.489. The van der Waals surface area contributed by atoms with Crippen molar-refractivity contribution < 1.29 is 19.4 Å². The second-order valence-corrected chi connectivity index (χ2v) is 4.00. The molecule has 0 heterocycles. The molecule has 1 amide bonds. The molecule has 0 atom stereocenters. The summed E-state index contributed by atoms with van der Waals surface area (Å²) in [6.07, 6.45) is 2.82. The molecule has 2 N–H and O–H groups in total. The van der Waals surface area contributed by atoms with Gasteiger partial charge in [-0.15, -0.1) is 0 Å². The van der Waals surface area contributed by atoms with Crippen LogP contribution < -0.4 is 5.32 Å². The molecule has 0 spiro atoms. The lowest BCUT2D eigenvalue weighted by Gasteiger charge is -2.41. The molecule has 1 saturated carbocycles. The number of carbonyl (C=O) groups excluding carboxylic acids is 1. The van der Waals surface area contributed by atoms with E-state index < -0.39 is 11.5 Å². The Morgan fingerprint density at radius 2 is 2.13 bits per heavy atom. The molecule has 5 nitrogen and oxygen atoms in total. The first-order valence-electron chi connectivity index (χ1n) is 5.10. The topological polar surface area (TPSA) is 75.6 Å². The highest BCUT2D eigenvalue weighted by Gasteiger charge is 2.40. The van der Waals surface area contributed by atoms with E-state index in [0.717, 1.165) is 19.3 Å². The number of carboxylic acid groups (broad SMARTS) is 1. The van der Waals surface area contributed by atoms with E-state index in [-0.39, 0.29) is 18.7 Å². The molecule has 15 heavy (non-hydrogen) atoms. The third kappa shape index (κ3) is 3.51. The van der Waals surface area contributed by atoms with E-state index in [2.05, 4.69) is 5.32 Å². The van der Waals surface area contributed by atoms with Crippen molar-refractivity contribution in [1.29, 1.82) is 0 Å². The summed E-state index contributed by atoms with van der Waals surface area (Å²) < 4.78 is 4.78. The molecule has 0 aromatic heterocycles. The molecule has 1 fully saturated rings. The number of aliphatic carboxylic acids is 1. The summed E-state index contributed by atoms with van der Waals surface area (Å²) >= 11 is 0. The van der Waals surface area contributed by atoms with Crippen molar-refractivity contribution in [2.24, 2.45) is 0 Å². The summed E-state index contributed by atoms with van der Waals surface area (Å²) in [5.74, 6) is -0.987. The SMILES string of the molecule is COCCC(=O)NC1(CC(=O)O)CCC1. The molecule has 0 radical (unpaired) electrons. The zero-order chi connectivity index (χ0) is 11.3. The summed E-state index contributed by atoms with van der Waals surface area (Å²) in [5, 5.41) is 11.5. The predicted molar refractivity (Wildman–Crippen MR) is 53.5 cm³/mol. The average Bonchev–Trinajstić information content (AvgIpc) is 2.10. The van der Waals surface area contributed by atoms with E-state index in [4.69, 9.17) is 9.84 Å². The van der Waals surface area contributed by atoms with Crippen LogP contribution in [0.1, 0.15) is 32.1 Å². The number of hydrogen-bond acceptors (Lipinski definition) is 3. The molecular formula is C10H17NO4. The van der Waals surface area contributed by atoms with Crippen molar-refractivity contribution in [3.8, 4) is 0 Å². The Labute approximate surface area is 88.8 Å². The number of ether oxygens (including phenoxy) is 1. The van der Waals surface area contributed by atoms with Gasteiger partial charge >= 0.3 is 5.97 Å². The highest BCUT2D eigenvalue weighted by Crippen LogP contribution is 2.34. The van der Waals surface area contributed by atoms with Gasteiger partial charge < -0.3 is 15.2 Å². The third-order valence-corrected chi connectivity index (χ3v) is 2.74. The van der Waals surface area contributed by atoms with Gasteiger partial charge in [-0.25, -0.2) is 0 Å². The van der Waals surface area contributed by atoms with E-state index in [1.54, 1.807) is 0 Å². The van der Waals surface area contributed by atoms with Gasteiger partial charge in [0.25, 0.3) is 0 Å². The van der Waals surface area contributed by atoms with Gasteiger partial charge in [0.2, 0.25) is 5.91 Å². The van der Waals surface area contributed by atoms with Gasteiger partial charge in [-0.3, -0.25) is 9.59 Å². The molecule has 5 heteroatoms. The van der Waals surface area contributed by atoms with Gasteiger partial charge in [0.15, 0.2) is 0 Å². The smallest absolute Gasteiger partial charge is 0.305 e. The van der Waals surface area contributed by atoms with Crippen LogP contribution in [0.15, 0.2) is 0 Å². The van der Waals surface area contributed by atoms with Crippen molar-refractivity contribution in [1.82, 2.24) is 5.32 Å². The van der Waals surface area contributed by atoms with Gasteiger partial charge in [0, 0.05) is 13.5 Å². The molecule has 1 rings (SSSR count). The Bertz CT molecular complexity index is 248. The van der Waals surface area contributed by atoms with E-state index in [9.17, 15) is 9.59 Å². The molecule has 0 bridgehead atoms. The highest BCUT2D eigenvalue weighted by molar-refractivity contribution is 5.78. The third-order valence-electron chi connectivity index (χ3n) is 2.74. The summed E-state index contributed by atoms with van der Waals surface area (Å²) in [7, 11) is 1.53. The molecule has 0 saturated heterocycles. The molecule has 0 aromatic rings. The minimum Gasteiger partial charge on any atom is -0.481 e. The summed E-state index contributed by atoms with van der Waals surface area (Å²) in [6, 6.07) is 0. The number of carbonyl (C=O) groups is 2. The van der Waals surface area contributed by atoms with E-state index in [0.29, 0.717) is 6.61 Å². The van der Waals surface area contributed by atoms with Gasteiger partial charge in [0.05, 0.1) is 18.6 Å². The van der Waals surface area contributed by atoms with E-state index in [1.807, 2.05) is 0 Å². The number of nitrogens with one attached hydrogen (secondary N) is 1. The van der Waals surface area contributed by atoms with Crippen LogP contribution in [0.25, 0.3) is 0 Å². The van der Waals surface area contributed by atoms with Crippen LogP contribution in [0.5, 0.6) is 0 Å². The quantitative estimate of drug-likeness (QED) is 0.678. The lowest BCUT2D eigenvalue weighted by Crippen LogP contribution is -2.54. The van der Waals surface area contributed by atoms with Gasteiger partial charge in [0.1, 0.15) is 0 Å². The first kappa shape index (κ1) is 12.0. The van der Waals surface area contributed by atoms with Crippen molar-refractivity contribution in [3.05, 3.63) is 0 Å². The van der Waals surface area contributed by atoms with Crippen molar-refractivity contribution in [3.63, 3.8) is 0 Å². The fraction of sp³-hybridized carbons (Fsp3) is 0.800. The average molecular weight is 215 g/mol. The standard InChI is InChI=1S/C10H17NO4/c1-15-6-3-8(12)11-10(4-2-5-10)7-9(13)14/h2-7H2,1H3,(H,11,12)(H,13,14). The molecule has 1 aliphatic rings. The number of methoxy groups -OCH3 is 1. The molecule has 86 valence electrons. The number of rotatable bonds is 6. The van der Waals surface area contributed by atoms with Crippen LogP contribution in [-0.2, 0) is 14.3 Å². The predicted octanol–water partition coefficient (Wildman–Crippen LogP) is 0.536. The maximum Gasteiger partial charge on any atom is 0.305 e. The molecule has 0 aliphatic heterocycles. The van der Waals surface area contributed by atoms with Gasteiger partial charge in [-0.1, -0.05) is 0 Å². The van der Waals surface area contributed by atoms with Crippen LogP contribution >= 0.6 is 0 Å². The molecule has 0 aromatic carbocycles. The Hall–Kier alpha value is -1.10. The van der Waals surface area contributed by atoms with Gasteiger partial charge in [-0.05, 0) is 19.3 Å². The van der Waals surface area contributed by atoms with Crippen molar-refractivity contribution >= 4 is 11.9 Å². The lowest BCUT2D eigenvalue weighted by molar-refractivity contribution is -0.140. The lowest BCUT2D eigenvalue weighted by atomic mass is 9.74. The maximum atomic E-state index is 11.4. The maximum absolute atomic E-state index is 11.4. The van der Waals surface area contributed by atoms with Crippen LogP contribution in [0.4, 0.5) is 0 Å². The second kappa shape index (κ2) is 5.11. The fourth-order valence-electron chi connectivity index (χ4n) is 1.79. The minimum atomic E-state index is -0.859. The first-order valence-corrected chi connectivity index (χ1v) is 5.10. The summed E-state index contributed by atoms with van der Waals surface area (Å²) in [4.78, 5) is 22.0. The zero-order valence-corrected chi connectivity index (χ0v) is 8.91. The Morgan fingerprint density at radius 1 is 1.47 bits per heavy atom. The Morgan fingerprint density at radius 3 is 2.53 bits per heavy atom. The van der Waals surface area contributed by atoms with Crippen molar-refractivity contribution in [2.75, 3.05) is 13.7 Å². The molecule has 1 aliphatic carbocycles. The van der Waals surface area contributed by atoms with Crippen LogP contribution in [0.2, 0.25) is 0 Å². The fourth-order valence-corrected chi connectivity index (χ4v) is 1.79. The summed E-state index contributed by atoms with van der Waals surface area (Å²) in [6.45, 7) is 0.370. The molecule has 0 unspecified atom stereocenters. The van der Waals surface area contributed by atoms with Gasteiger partial charge in [-0.2, -0.15) is 0 Å². The minimum absolute atomic E-state index is 0.0196. The monoisotopic (exact) mass is 215 g/mol. The largest absolute Gasteiger partial charge is 0.481 e. The number of amides is 1. The van der Waals surface area contributed by atoms with E-state index in [1.165, 1.54) is 7.11 Å². The number of carboxylic acids is 1. The first-order chi connectivity index (χ1) is 7.08. The number of hydrogen-bond donors (Lipinski definition) is 2. The Kier molecular flexibility index (Phi) is 4.08. The zero-order valence-electron chi connectivity index (χ0n) is 8.91. The van der Waals surface area contributed by atoms with Crippen molar-refractivity contribution in [2.45, 2.75) is 37.6 Å². The second-order valence-electron chi connectivity index (χ2n) is 4.00.